The topological polar surface area (TPSA) is 56.7 Å². The largest absolute Gasteiger partial charge is 0.456 e. The number of para-hydroxylation sites is 1. The van der Waals surface area contributed by atoms with Crippen molar-refractivity contribution in [3.8, 4) is 39.9 Å². The molecule has 0 atom stereocenters. The summed E-state index contributed by atoms with van der Waals surface area (Å²) in [6.45, 7) is 0. The van der Waals surface area contributed by atoms with Crippen molar-refractivity contribution in [1.29, 1.82) is 0 Å². The molecule has 0 unspecified atom stereocenters. The minimum absolute atomic E-state index is 0.567. The van der Waals surface area contributed by atoms with Crippen LogP contribution in [0.15, 0.2) is 174 Å². The van der Waals surface area contributed by atoms with Crippen LogP contribution in [0.25, 0.3) is 116 Å². The second kappa shape index (κ2) is 11.1. The molecule has 0 saturated heterocycles. The second-order valence-electron chi connectivity index (χ2n) is 14.0. The quantitative estimate of drug-likeness (QED) is 0.173. The second-order valence-corrected chi connectivity index (χ2v) is 14.0. The minimum atomic E-state index is 0.567. The van der Waals surface area contributed by atoms with Gasteiger partial charge in [-0.2, -0.15) is 9.97 Å². The van der Waals surface area contributed by atoms with Crippen molar-refractivity contribution >= 4 is 76.1 Å². The van der Waals surface area contributed by atoms with Gasteiger partial charge in [0.25, 0.3) is 0 Å². The Hall–Kier alpha value is -7.37. The van der Waals surface area contributed by atoms with Crippen LogP contribution in [-0.4, -0.2) is 19.5 Å². The summed E-state index contributed by atoms with van der Waals surface area (Å²) in [5.41, 5.74) is 7.95. The molecule has 3 aromatic heterocycles. The highest BCUT2D eigenvalue weighted by molar-refractivity contribution is 6.39. The van der Waals surface area contributed by atoms with E-state index in [-0.39, 0.29) is 0 Å². The summed E-state index contributed by atoms with van der Waals surface area (Å²) in [7, 11) is 0. The predicted octanol–water partition coefficient (Wildman–Crippen LogP) is 12.8. The van der Waals surface area contributed by atoms with Crippen LogP contribution >= 0.6 is 0 Å². The third kappa shape index (κ3) is 4.18. The maximum absolute atomic E-state index is 6.31. The molecule has 12 rings (SSSR count). The summed E-state index contributed by atoms with van der Waals surface area (Å²) in [6, 6.07) is 59.7. The zero-order valence-corrected chi connectivity index (χ0v) is 28.9. The number of fused-ring (bicyclic) bond motifs is 8. The average Bonchev–Trinajstić information content (AvgIpc) is 3.78. The lowest BCUT2D eigenvalue weighted by Gasteiger charge is -2.13. The third-order valence-corrected chi connectivity index (χ3v) is 11.0. The van der Waals surface area contributed by atoms with Crippen molar-refractivity contribution in [3.63, 3.8) is 0 Å². The Labute approximate surface area is 308 Å². The molecule has 0 bridgehead atoms. The molecule has 12 aromatic rings. The van der Waals surface area contributed by atoms with E-state index < -0.39 is 0 Å². The highest BCUT2D eigenvalue weighted by Crippen LogP contribution is 2.47. The predicted molar refractivity (Wildman–Crippen MR) is 221 cm³/mol. The Bertz CT molecular complexity index is 3440. The molecule has 0 saturated carbocycles. The molecule has 0 amide bonds. The van der Waals surface area contributed by atoms with Crippen molar-refractivity contribution in [1.82, 2.24) is 19.5 Å². The van der Waals surface area contributed by atoms with Crippen molar-refractivity contribution in [2.24, 2.45) is 0 Å². The SMILES string of the molecule is c1ccc(-c2ccc3cc4c5c(c3c2)c2ccccc2c2cccc(c25)n4-c2nc(-c3ccccc3)nc(-c3ccc4c(c3)oc3ccccc34)n2)cc1. The van der Waals surface area contributed by atoms with Gasteiger partial charge in [-0.05, 0) is 74.5 Å². The number of aromatic nitrogens is 4. The molecule has 0 aliphatic heterocycles. The van der Waals surface area contributed by atoms with Crippen molar-refractivity contribution in [2.45, 2.75) is 0 Å². The minimum Gasteiger partial charge on any atom is -0.456 e. The van der Waals surface area contributed by atoms with E-state index in [9.17, 15) is 0 Å². The highest BCUT2D eigenvalue weighted by Gasteiger charge is 2.24. The highest BCUT2D eigenvalue weighted by atomic mass is 16.3. The normalized spacial score (nSPS) is 12.1. The average molecular weight is 689 g/mol. The summed E-state index contributed by atoms with van der Waals surface area (Å²) in [5.74, 6) is 1.76. The fraction of sp³-hybridized carbons (Fsp3) is 0. The van der Waals surface area contributed by atoms with E-state index in [4.69, 9.17) is 19.4 Å². The van der Waals surface area contributed by atoms with E-state index in [1.807, 2.05) is 42.5 Å². The van der Waals surface area contributed by atoms with E-state index in [0.29, 0.717) is 17.6 Å². The first kappa shape index (κ1) is 29.2. The van der Waals surface area contributed by atoms with E-state index >= 15 is 0 Å². The molecule has 0 aliphatic carbocycles. The molecule has 250 valence electrons. The van der Waals surface area contributed by atoms with Gasteiger partial charge < -0.3 is 4.42 Å². The molecular formula is C49H28N4O. The fourth-order valence-electron chi connectivity index (χ4n) is 8.57. The zero-order chi connectivity index (χ0) is 35.3. The van der Waals surface area contributed by atoms with Gasteiger partial charge in [-0.3, -0.25) is 4.57 Å². The van der Waals surface area contributed by atoms with Crippen molar-refractivity contribution in [3.05, 3.63) is 170 Å². The fourth-order valence-corrected chi connectivity index (χ4v) is 8.57. The van der Waals surface area contributed by atoms with Gasteiger partial charge in [0.15, 0.2) is 11.6 Å². The number of hydrogen-bond acceptors (Lipinski definition) is 4. The maximum Gasteiger partial charge on any atom is 0.238 e. The van der Waals surface area contributed by atoms with Gasteiger partial charge in [0, 0.05) is 38.1 Å². The molecular weight excluding hydrogens is 661 g/mol. The van der Waals surface area contributed by atoms with Gasteiger partial charge in [-0.15, -0.1) is 0 Å². The maximum atomic E-state index is 6.31. The lowest BCUT2D eigenvalue weighted by Crippen LogP contribution is -2.06. The number of hydrogen-bond donors (Lipinski definition) is 0. The smallest absolute Gasteiger partial charge is 0.238 e. The van der Waals surface area contributed by atoms with Gasteiger partial charge in [0.2, 0.25) is 5.95 Å². The van der Waals surface area contributed by atoms with Crippen LogP contribution in [0.3, 0.4) is 0 Å². The molecule has 0 fully saturated rings. The molecule has 5 nitrogen and oxygen atoms in total. The zero-order valence-electron chi connectivity index (χ0n) is 28.9. The van der Waals surface area contributed by atoms with Crippen LogP contribution in [0.1, 0.15) is 0 Å². The molecule has 5 heteroatoms. The lowest BCUT2D eigenvalue weighted by atomic mass is 9.90. The van der Waals surface area contributed by atoms with Gasteiger partial charge in [0.05, 0.1) is 11.0 Å². The first-order valence-corrected chi connectivity index (χ1v) is 18.2. The summed E-state index contributed by atoms with van der Waals surface area (Å²) in [4.78, 5) is 15.6. The Morgan fingerprint density at radius 1 is 0.352 bits per heavy atom. The molecule has 0 spiro atoms. The summed E-state index contributed by atoms with van der Waals surface area (Å²) in [6.07, 6.45) is 0. The Balaban J connectivity index is 1.19. The first-order valence-electron chi connectivity index (χ1n) is 18.2. The van der Waals surface area contributed by atoms with Crippen LogP contribution in [0.2, 0.25) is 0 Å². The van der Waals surface area contributed by atoms with E-state index in [2.05, 4.69) is 132 Å². The standard InChI is InChI=1S/C49H28N4O/c1-3-12-29(13-4-1)31-22-23-32-27-41-46-44(39(32)26-31)37-18-8-7-16-34(37)38-19-11-20-40(45(38)46)53(41)49-51-47(30-14-5-2-6-15-30)50-48(52-49)33-24-25-36-35-17-9-10-21-42(35)54-43(36)28-33/h1-28H. The number of benzene rings is 9. The summed E-state index contributed by atoms with van der Waals surface area (Å²) >= 11 is 0. The number of nitrogens with zero attached hydrogens (tertiary/aromatic N) is 4. The van der Waals surface area contributed by atoms with Gasteiger partial charge in [-0.25, -0.2) is 4.98 Å². The molecule has 0 radical (unpaired) electrons. The first-order chi connectivity index (χ1) is 26.8. The van der Waals surface area contributed by atoms with Gasteiger partial charge >= 0.3 is 0 Å². The van der Waals surface area contributed by atoms with Gasteiger partial charge in [-0.1, -0.05) is 133 Å². The molecule has 9 aromatic carbocycles. The van der Waals surface area contributed by atoms with Crippen LogP contribution < -0.4 is 0 Å². The van der Waals surface area contributed by atoms with E-state index in [1.54, 1.807) is 0 Å². The van der Waals surface area contributed by atoms with Crippen molar-refractivity contribution < 1.29 is 4.42 Å². The summed E-state index contributed by atoms with van der Waals surface area (Å²) in [5, 5.41) is 11.9. The Kier molecular flexibility index (Phi) is 5.99. The van der Waals surface area contributed by atoms with Gasteiger partial charge in [0.1, 0.15) is 11.2 Å². The van der Waals surface area contributed by atoms with E-state index in [0.717, 1.165) is 49.5 Å². The third-order valence-electron chi connectivity index (χ3n) is 11.0. The Morgan fingerprint density at radius 3 is 1.83 bits per heavy atom. The van der Waals surface area contributed by atoms with Crippen LogP contribution in [0.4, 0.5) is 0 Å². The molecule has 3 heterocycles. The van der Waals surface area contributed by atoms with E-state index in [1.165, 1.54) is 48.8 Å². The van der Waals surface area contributed by atoms with Crippen LogP contribution in [-0.2, 0) is 0 Å². The molecule has 0 N–H and O–H groups in total. The monoisotopic (exact) mass is 688 g/mol. The molecule has 54 heavy (non-hydrogen) atoms. The lowest BCUT2D eigenvalue weighted by molar-refractivity contribution is 0.669. The van der Waals surface area contributed by atoms with Crippen molar-refractivity contribution in [2.75, 3.05) is 0 Å². The molecule has 0 aliphatic rings. The Morgan fingerprint density at radius 2 is 1.00 bits per heavy atom. The number of rotatable bonds is 4. The van der Waals surface area contributed by atoms with Crippen LogP contribution in [0.5, 0.6) is 0 Å². The number of furan rings is 1. The summed E-state index contributed by atoms with van der Waals surface area (Å²) < 4.78 is 8.55. The van der Waals surface area contributed by atoms with Crippen LogP contribution in [0, 0.1) is 0 Å².